The first kappa shape index (κ1) is 29.3. The smallest absolute Gasteiger partial charge is 0.243 e. The van der Waals surface area contributed by atoms with Crippen molar-refractivity contribution in [1.29, 1.82) is 0 Å². The summed E-state index contributed by atoms with van der Waals surface area (Å²) in [5.41, 5.74) is 1.81. The lowest BCUT2D eigenvalue weighted by Gasteiger charge is -2.46. The van der Waals surface area contributed by atoms with E-state index < -0.39 is 40.5 Å². The molecule has 2 aromatic carbocycles. The quantitative estimate of drug-likeness (QED) is 0.217. The van der Waals surface area contributed by atoms with Gasteiger partial charge < -0.3 is 0 Å². The number of ketones is 1. The van der Waals surface area contributed by atoms with Crippen LogP contribution in [0.2, 0.25) is 5.02 Å². The summed E-state index contributed by atoms with van der Waals surface area (Å²) in [5.74, 6) is -1.31. The highest BCUT2D eigenvalue weighted by Gasteiger charge is 2.51. The average Bonchev–Trinajstić information content (AvgIpc) is 3.40. The molecule has 7 nitrogen and oxygen atoms in total. The lowest BCUT2D eigenvalue weighted by molar-refractivity contribution is 0.0734. The van der Waals surface area contributed by atoms with Gasteiger partial charge in [0.05, 0.1) is 27.9 Å². The lowest BCUT2D eigenvalue weighted by Crippen LogP contribution is -2.51. The van der Waals surface area contributed by atoms with E-state index in [1.54, 1.807) is 29.1 Å². The van der Waals surface area contributed by atoms with Gasteiger partial charge in [-0.15, -0.1) is 0 Å². The summed E-state index contributed by atoms with van der Waals surface area (Å²) in [7, 11) is -4.23. The zero-order chi connectivity index (χ0) is 30.4. The molecule has 0 aliphatic heterocycles. The van der Waals surface area contributed by atoms with Crippen LogP contribution in [0.15, 0.2) is 83.5 Å². The maximum Gasteiger partial charge on any atom is 0.243 e. The van der Waals surface area contributed by atoms with Crippen LogP contribution in [-0.2, 0) is 16.4 Å². The Balaban J connectivity index is 1.44. The van der Waals surface area contributed by atoms with Crippen molar-refractivity contribution < 1.29 is 26.4 Å². The summed E-state index contributed by atoms with van der Waals surface area (Å²) in [6, 6.07) is 12.6. The number of fused-ring (bicyclic) bond motifs is 2. The topological polar surface area (TPSA) is 85.2 Å². The molecule has 2 aromatic heterocycles. The highest BCUT2D eigenvalue weighted by molar-refractivity contribution is 7.89. The van der Waals surface area contributed by atoms with Gasteiger partial charge in [-0.1, -0.05) is 17.2 Å². The number of carbonyl (C=O) groups excluding carboxylic acids is 1. The van der Waals surface area contributed by atoms with Crippen LogP contribution in [0.4, 0.5) is 13.2 Å². The first-order valence-corrected chi connectivity index (χ1v) is 15.5. The van der Waals surface area contributed by atoms with Crippen molar-refractivity contribution in [2.75, 3.05) is 13.2 Å². The van der Waals surface area contributed by atoms with Crippen LogP contribution < -0.4 is 0 Å². The Morgan fingerprint density at radius 1 is 1.07 bits per heavy atom. The maximum absolute atomic E-state index is 14.4. The summed E-state index contributed by atoms with van der Waals surface area (Å²) in [4.78, 5) is 18.5. The Hall–Kier alpha value is -3.80. The third-order valence-electron chi connectivity index (χ3n) is 8.23. The summed E-state index contributed by atoms with van der Waals surface area (Å²) < 4.78 is 71.3. The molecule has 1 fully saturated rings. The van der Waals surface area contributed by atoms with Gasteiger partial charge in [-0.2, -0.15) is 9.40 Å². The molecule has 4 aromatic rings. The molecule has 6 rings (SSSR count). The second-order valence-electron chi connectivity index (χ2n) is 10.7. The number of pyridine rings is 1. The number of hydrogen-bond acceptors (Lipinski definition) is 5. The van der Waals surface area contributed by atoms with Crippen molar-refractivity contribution in [3.05, 3.63) is 112 Å². The molecule has 2 aliphatic carbocycles. The van der Waals surface area contributed by atoms with Gasteiger partial charge in [0.15, 0.2) is 5.78 Å². The van der Waals surface area contributed by atoms with Gasteiger partial charge in [-0.25, -0.2) is 26.3 Å². The highest BCUT2D eigenvalue weighted by Crippen LogP contribution is 2.51. The van der Waals surface area contributed by atoms with Crippen LogP contribution in [0, 0.1) is 17.0 Å². The molecule has 0 radical (unpaired) electrons. The predicted molar refractivity (Wildman–Crippen MR) is 155 cm³/mol. The number of hydrogen-bond donors (Lipinski definition) is 0. The zero-order valence-corrected chi connectivity index (χ0v) is 24.3. The first-order chi connectivity index (χ1) is 20.6. The molecule has 0 amide bonds. The number of benzene rings is 2. The molecule has 2 atom stereocenters. The minimum Gasteiger partial charge on any atom is -0.291 e. The zero-order valence-electron chi connectivity index (χ0n) is 22.8. The molecule has 12 heteroatoms. The van der Waals surface area contributed by atoms with Crippen molar-refractivity contribution >= 4 is 33.5 Å². The lowest BCUT2D eigenvalue weighted by atomic mass is 9.60. The second-order valence-corrected chi connectivity index (χ2v) is 13.0. The fourth-order valence-electron chi connectivity index (χ4n) is 6.22. The third-order valence-corrected chi connectivity index (χ3v) is 10.4. The molecule has 0 spiro atoms. The van der Waals surface area contributed by atoms with Gasteiger partial charge in [0, 0.05) is 23.8 Å². The maximum atomic E-state index is 14.4. The normalized spacial score (nSPS) is 19.9. The third kappa shape index (κ3) is 5.30. The number of sulfonamides is 1. The molecule has 0 bridgehead atoms. The number of halogens is 4. The fourth-order valence-corrected chi connectivity index (χ4v) is 8.01. The van der Waals surface area contributed by atoms with E-state index >= 15 is 0 Å². The van der Waals surface area contributed by atoms with Crippen LogP contribution >= 0.6 is 11.6 Å². The Labute approximate surface area is 251 Å². The van der Waals surface area contributed by atoms with Gasteiger partial charge >= 0.3 is 0 Å². The van der Waals surface area contributed by atoms with E-state index in [4.69, 9.17) is 11.6 Å². The van der Waals surface area contributed by atoms with E-state index in [0.717, 1.165) is 45.4 Å². The summed E-state index contributed by atoms with van der Waals surface area (Å²) in [6.07, 6.45) is 5.89. The van der Waals surface area contributed by atoms with Crippen LogP contribution in [-0.4, -0.2) is 52.5 Å². The Morgan fingerprint density at radius 2 is 1.77 bits per heavy atom. The van der Waals surface area contributed by atoms with Crippen LogP contribution in [0.3, 0.4) is 0 Å². The van der Waals surface area contributed by atoms with E-state index in [-0.39, 0.29) is 35.0 Å². The first-order valence-electron chi connectivity index (χ1n) is 13.7. The molecular formula is C31H26ClF3N4O3S. The molecule has 0 unspecified atom stereocenters. The van der Waals surface area contributed by atoms with E-state index in [2.05, 4.69) is 10.1 Å². The second kappa shape index (κ2) is 11.4. The highest BCUT2D eigenvalue weighted by atomic mass is 35.5. The molecule has 0 N–H and O–H groups in total. The Morgan fingerprint density at radius 3 is 2.44 bits per heavy atom. The molecule has 0 saturated heterocycles. The summed E-state index contributed by atoms with van der Waals surface area (Å²) >= 11 is 6.22. The largest absolute Gasteiger partial charge is 0.291 e. The van der Waals surface area contributed by atoms with Crippen molar-refractivity contribution in [2.24, 2.45) is 5.41 Å². The van der Waals surface area contributed by atoms with Gasteiger partial charge in [0.25, 0.3) is 0 Å². The number of alkyl halides is 1. The minimum absolute atomic E-state index is 0.0629. The van der Waals surface area contributed by atoms with E-state index in [1.807, 2.05) is 6.08 Å². The molecule has 43 heavy (non-hydrogen) atoms. The van der Waals surface area contributed by atoms with Gasteiger partial charge in [0.1, 0.15) is 24.0 Å². The fraction of sp³-hybridized carbons (Fsp3) is 0.258. The molecule has 2 aliphatic rings. The molecule has 1 saturated carbocycles. The SMILES string of the molecule is O=C(c1cc(Cl)ccn1)[C@]12Cc3cnn(-c4ccc(F)cc4)c3C=C1CC[C@H](N(CCF)S(=O)(=O)c1ccc(F)cc1)C2. The number of rotatable bonds is 8. The number of allylic oxidation sites excluding steroid dienone is 1. The van der Waals surface area contributed by atoms with Crippen molar-refractivity contribution in [1.82, 2.24) is 19.1 Å². The molecule has 2 heterocycles. The van der Waals surface area contributed by atoms with Crippen molar-refractivity contribution in [2.45, 2.75) is 36.6 Å². The van der Waals surface area contributed by atoms with Crippen molar-refractivity contribution in [3.63, 3.8) is 0 Å². The van der Waals surface area contributed by atoms with Gasteiger partial charge in [-0.05, 0) is 98.0 Å². The summed E-state index contributed by atoms with van der Waals surface area (Å²) in [6.45, 7) is -1.36. The number of carbonyl (C=O) groups is 1. The number of aromatic nitrogens is 3. The minimum atomic E-state index is -4.23. The number of nitrogens with zero attached hydrogens (tertiary/aromatic N) is 4. The Bertz CT molecular complexity index is 1830. The Kier molecular flexibility index (Phi) is 7.74. The van der Waals surface area contributed by atoms with Crippen LogP contribution in [0.1, 0.15) is 41.0 Å². The monoisotopic (exact) mass is 626 g/mol. The van der Waals surface area contributed by atoms with Gasteiger partial charge in [-0.3, -0.25) is 9.78 Å². The standard InChI is InChI=1S/C31H26ClF3N4O3S/c32-22-11-13-36-28(16-22)30(40)31-17-20-19-37-39(25-7-2-23(34)3-8-25)29(20)15-21(31)1-6-26(18-31)38(14-12-33)43(41,42)27-9-4-24(35)5-10-27/h2-5,7-11,13,15-16,19,26H,1,6,12,14,17-18H2/t26-,31-/m0/s1. The van der Waals surface area contributed by atoms with Crippen molar-refractivity contribution in [3.8, 4) is 5.69 Å². The average molecular weight is 627 g/mol. The molecule has 222 valence electrons. The van der Waals surface area contributed by atoms with E-state index in [0.29, 0.717) is 23.6 Å². The van der Waals surface area contributed by atoms with Gasteiger partial charge in [0.2, 0.25) is 10.0 Å². The number of Topliss-reactive ketones (excluding diaryl/α,β-unsaturated/α-hetero) is 1. The van der Waals surface area contributed by atoms with Crippen LogP contribution in [0.25, 0.3) is 11.8 Å². The predicted octanol–water partition coefficient (Wildman–Crippen LogP) is 6.22. The molecular weight excluding hydrogens is 601 g/mol. The van der Waals surface area contributed by atoms with Crippen LogP contribution in [0.5, 0.6) is 0 Å². The summed E-state index contributed by atoms with van der Waals surface area (Å²) in [5, 5.41) is 4.84. The van der Waals surface area contributed by atoms with E-state index in [9.17, 15) is 26.4 Å². The van der Waals surface area contributed by atoms with E-state index in [1.165, 1.54) is 24.4 Å².